The van der Waals surface area contributed by atoms with Crippen LogP contribution in [-0.2, 0) is 9.59 Å². The van der Waals surface area contributed by atoms with E-state index in [9.17, 15) is 9.59 Å². The van der Waals surface area contributed by atoms with Gasteiger partial charge in [0.15, 0.2) is 0 Å². The minimum absolute atomic E-state index is 0.0885. The highest BCUT2D eigenvalue weighted by Gasteiger charge is 2.47. The van der Waals surface area contributed by atoms with Crippen LogP contribution in [0.15, 0.2) is 12.1 Å². The molecule has 3 atom stereocenters. The number of carbonyl (C=O) groups is 2. The molecule has 102 valence electrons. The molecule has 1 aromatic rings. The third-order valence-electron chi connectivity index (χ3n) is 4.08. The summed E-state index contributed by atoms with van der Waals surface area (Å²) >= 11 is 1.76. The van der Waals surface area contributed by atoms with E-state index in [1.165, 1.54) is 9.75 Å². The molecule has 1 amide bonds. The Labute approximate surface area is 116 Å². The molecule has 3 rings (SSSR count). The zero-order chi connectivity index (χ0) is 13.6. The minimum atomic E-state index is -0.781. The number of carbonyl (C=O) groups excluding carboxylic acids is 1. The van der Waals surface area contributed by atoms with Crippen LogP contribution in [0.4, 0.5) is 0 Å². The molecule has 1 aliphatic heterocycles. The van der Waals surface area contributed by atoms with Gasteiger partial charge < -0.3 is 10.0 Å². The lowest BCUT2D eigenvalue weighted by Crippen LogP contribution is -2.31. The van der Waals surface area contributed by atoms with Crippen molar-refractivity contribution in [2.45, 2.75) is 25.7 Å². The van der Waals surface area contributed by atoms with E-state index in [0.29, 0.717) is 25.4 Å². The molecule has 2 heterocycles. The van der Waals surface area contributed by atoms with Crippen LogP contribution >= 0.6 is 11.3 Å². The third-order valence-corrected chi connectivity index (χ3v) is 5.22. The molecule has 5 heteroatoms. The van der Waals surface area contributed by atoms with Gasteiger partial charge in [-0.1, -0.05) is 0 Å². The van der Waals surface area contributed by atoms with E-state index in [-0.39, 0.29) is 17.7 Å². The van der Waals surface area contributed by atoms with Gasteiger partial charge in [0.05, 0.1) is 5.92 Å². The van der Waals surface area contributed by atoms with Crippen molar-refractivity contribution in [3.05, 3.63) is 21.9 Å². The molecule has 0 aromatic carbocycles. The van der Waals surface area contributed by atoms with Crippen molar-refractivity contribution in [3.63, 3.8) is 0 Å². The van der Waals surface area contributed by atoms with Gasteiger partial charge in [0.2, 0.25) is 5.91 Å². The van der Waals surface area contributed by atoms with Gasteiger partial charge in [-0.05, 0) is 31.9 Å². The van der Waals surface area contributed by atoms with Crippen LogP contribution in [0.25, 0.3) is 0 Å². The van der Waals surface area contributed by atoms with Crippen molar-refractivity contribution in [2.75, 3.05) is 13.1 Å². The highest BCUT2D eigenvalue weighted by atomic mass is 32.1. The molecule has 1 N–H and O–H groups in total. The second-order valence-corrected chi connectivity index (χ2v) is 6.82. The number of carboxylic acids is 1. The van der Waals surface area contributed by atoms with E-state index in [2.05, 4.69) is 19.1 Å². The zero-order valence-corrected chi connectivity index (χ0v) is 11.7. The van der Waals surface area contributed by atoms with Crippen molar-refractivity contribution < 1.29 is 14.7 Å². The molecule has 1 saturated carbocycles. The second kappa shape index (κ2) is 4.63. The van der Waals surface area contributed by atoms with Crippen molar-refractivity contribution in [2.24, 2.45) is 11.8 Å². The van der Waals surface area contributed by atoms with Crippen molar-refractivity contribution >= 4 is 23.2 Å². The van der Waals surface area contributed by atoms with Crippen LogP contribution in [0, 0.1) is 18.8 Å². The van der Waals surface area contributed by atoms with Crippen molar-refractivity contribution in [3.8, 4) is 0 Å². The first-order valence-corrected chi connectivity index (χ1v) is 7.46. The number of likely N-dealkylation sites (tertiary alicyclic amines) is 1. The molecular formula is C14H17NO3S. The summed E-state index contributed by atoms with van der Waals surface area (Å²) in [6.07, 6.45) is 1.52. The normalized spacial score (nSPS) is 29.5. The predicted octanol–water partition coefficient (Wildman–Crippen LogP) is 2.09. The van der Waals surface area contributed by atoms with Crippen LogP contribution in [0.5, 0.6) is 0 Å². The molecule has 1 aromatic heterocycles. The van der Waals surface area contributed by atoms with Gasteiger partial charge in [-0.3, -0.25) is 9.59 Å². The first-order valence-electron chi connectivity index (χ1n) is 6.64. The summed E-state index contributed by atoms with van der Waals surface area (Å²) in [4.78, 5) is 27.5. The molecule has 0 bridgehead atoms. The summed E-state index contributed by atoms with van der Waals surface area (Å²) in [5.74, 6) is -0.540. The topological polar surface area (TPSA) is 57.6 Å². The Morgan fingerprint density at radius 2 is 2.21 bits per heavy atom. The number of hydrogen-bond donors (Lipinski definition) is 1. The first kappa shape index (κ1) is 12.7. The maximum Gasteiger partial charge on any atom is 0.308 e. The highest BCUT2D eigenvalue weighted by molar-refractivity contribution is 7.12. The summed E-state index contributed by atoms with van der Waals surface area (Å²) in [7, 11) is 0. The fraction of sp³-hybridized carbons (Fsp3) is 0.571. The molecule has 2 fully saturated rings. The van der Waals surface area contributed by atoms with Gasteiger partial charge >= 0.3 is 5.97 Å². The quantitative estimate of drug-likeness (QED) is 0.921. The number of aryl methyl sites for hydroxylation is 1. The number of thiophene rings is 1. The lowest BCUT2D eigenvalue weighted by atomic mass is 10.1. The average molecular weight is 279 g/mol. The van der Waals surface area contributed by atoms with Gasteiger partial charge in [0, 0.05) is 34.7 Å². The molecule has 0 radical (unpaired) electrons. The summed E-state index contributed by atoms with van der Waals surface area (Å²) in [5, 5.41) is 8.96. The van der Waals surface area contributed by atoms with Gasteiger partial charge in [-0.25, -0.2) is 0 Å². The Balaban J connectivity index is 1.60. The Bertz CT molecular complexity index is 525. The molecule has 0 spiro atoms. The van der Waals surface area contributed by atoms with Crippen LogP contribution in [0.2, 0.25) is 0 Å². The lowest BCUT2D eigenvalue weighted by Gasteiger charge is -2.15. The van der Waals surface area contributed by atoms with E-state index in [1.54, 1.807) is 16.2 Å². The number of hydrogen-bond acceptors (Lipinski definition) is 3. The van der Waals surface area contributed by atoms with Gasteiger partial charge in [-0.15, -0.1) is 11.3 Å². The Hall–Kier alpha value is -1.36. The van der Waals surface area contributed by atoms with Gasteiger partial charge in [0.25, 0.3) is 0 Å². The standard InChI is InChI=1S/C14H17NO3S/c1-8-2-3-12(19-8)10-6-11(10)13(16)15-5-4-9(7-15)14(17)18/h2-3,9-11H,4-7H2,1H3,(H,17,18)/t9-,10+,11+/m0/s1. The summed E-state index contributed by atoms with van der Waals surface area (Å²) in [6.45, 7) is 3.06. The Morgan fingerprint density at radius 3 is 2.79 bits per heavy atom. The maximum absolute atomic E-state index is 12.3. The number of rotatable bonds is 3. The van der Waals surface area contributed by atoms with E-state index >= 15 is 0 Å². The number of nitrogens with zero attached hydrogens (tertiary/aromatic N) is 1. The largest absolute Gasteiger partial charge is 0.481 e. The summed E-state index contributed by atoms with van der Waals surface area (Å²) < 4.78 is 0. The molecule has 0 unspecified atom stereocenters. The van der Waals surface area contributed by atoms with E-state index in [4.69, 9.17) is 5.11 Å². The Morgan fingerprint density at radius 1 is 1.42 bits per heavy atom. The fourth-order valence-electron chi connectivity index (χ4n) is 2.83. The van der Waals surface area contributed by atoms with E-state index in [0.717, 1.165) is 6.42 Å². The Kier molecular flexibility index (Phi) is 3.09. The summed E-state index contributed by atoms with van der Waals surface area (Å²) in [6, 6.07) is 4.21. The van der Waals surface area contributed by atoms with Crippen LogP contribution in [0.3, 0.4) is 0 Å². The third kappa shape index (κ3) is 2.39. The summed E-state index contributed by atoms with van der Waals surface area (Å²) in [5.41, 5.74) is 0. The predicted molar refractivity (Wildman–Crippen MR) is 72.2 cm³/mol. The van der Waals surface area contributed by atoms with Crippen molar-refractivity contribution in [1.29, 1.82) is 0 Å². The monoisotopic (exact) mass is 279 g/mol. The van der Waals surface area contributed by atoms with E-state index < -0.39 is 5.97 Å². The molecule has 2 aliphatic rings. The molecule has 19 heavy (non-hydrogen) atoms. The highest BCUT2D eigenvalue weighted by Crippen LogP contribution is 2.50. The number of carboxylic acid groups (broad SMARTS) is 1. The number of amides is 1. The van der Waals surface area contributed by atoms with Crippen LogP contribution in [-0.4, -0.2) is 35.0 Å². The maximum atomic E-state index is 12.3. The molecular weight excluding hydrogens is 262 g/mol. The molecule has 4 nitrogen and oxygen atoms in total. The van der Waals surface area contributed by atoms with Gasteiger partial charge in [0.1, 0.15) is 0 Å². The zero-order valence-electron chi connectivity index (χ0n) is 10.8. The van der Waals surface area contributed by atoms with E-state index in [1.807, 2.05) is 0 Å². The first-order chi connectivity index (χ1) is 9.06. The lowest BCUT2D eigenvalue weighted by molar-refractivity contribution is -0.141. The SMILES string of the molecule is Cc1ccc([C@@H]2C[C@H]2C(=O)N2CC[C@H](C(=O)O)C2)s1. The molecule has 1 saturated heterocycles. The second-order valence-electron chi connectivity index (χ2n) is 5.51. The average Bonchev–Trinajstić information content (AvgIpc) is 2.82. The van der Waals surface area contributed by atoms with Crippen LogP contribution in [0.1, 0.15) is 28.5 Å². The van der Waals surface area contributed by atoms with Gasteiger partial charge in [-0.2, -0.15) is 0 Å². The van der Waals surface area contributed by atoms with Crippen LogP contribution < -0.4 is 0 Å². The fourth-order valence-corrected chi connectivity index (χ4v) is 3.89. The molecule has 1 aliphatic carbocycles. The number of aliphatic carboxylic acids is 1. The smallest absolute Gasteiger partial charge is 0.308 e. The van der Waals surface area contributed by atoms with Crippen molar-refractivity contribution in [1.82, 2.24) is 4.90 Å². The minimum Gasteiger partial charge on any atom is -0.481 e.